The molecule has 3 rings (SSSR count). The molecular weight excluding hydrogens is 408 g/mol. The molecule has 6 nitrogen and oxygen atoms in total. The number of ether oxygens (including phenoxy) is 1. The molecule has 0 saturated heterocycles. The average molecular weight is 437 g/mol. The Morgan fingerprint density at radius 3 is 2.45 bits per heavy atom. The third-order valence-corrected chi connectivity index (χ3v) is 5.71. The van der Waals surface area contributed by atoms with E-state index < -0.39 is 0 Å². The van der Waals surface area contributed by atoms with Gasteiger partial charge in [0, 0.05) is 12.2 Å². The van der Waals surface area contributed by atoms with E-state index in [1.807, 2.05) is 62.6 Å². The second-order valence-electron chi connectivity index (χ2n) is 7.51. The van der Waals surface area contributed by atoms with Gasteiger partial charge in [0.15, 0.2) is 11.0 Å². The van der Waals surface area contributed by atoms with Gasteiger partial charge in [-0.25, -0.2) is 0 Å². The molecule has 0 saturated carbocycles. The fraction of sp³-hybridized carbons (Fsp3) is 0.292. The van der Waals surface area contributed by atoms with Gasteiger partial charge in [0.25, 0.3) is 0 Å². The number of nitrogens with one attached hydrogen (secondary N) is 1. The van der Waals surface area contributed by atoms with Gasteiger partial charge in [0.05, 0.1) is 5.75 Å². The zero-order chi connectivity index (χ0) is 22.4. The number of benzene rings is 2. The van der Waals surface area contributed by atoms with E-state index in [4.69, 9.17) is 4.74 Å². The summed E-state index contributed by atoms with van der Waals surface area (Å²) in [6.07, 6.45) is 1.78. The molecule has 0 spiro atoms. The molecule has 1 N–H and O–H groups in total. The minimum absolute atomic E-state index is 0.0800. The number of rotatable bonds is 9. The summed E-state index contributed by atoms with van der Waals surface area (Å²) < 4.78 is 7.86. The van der Waals surface area contributed by atoms with Crippen molar-refractivity contribution >= 4 is 23.4 Å². The maximum Gasteiger partial charge on any atom is 0.234 e. The number of anilines is 1. The second kappa shape index (κ2) is 10.3. The van der Waals surface area contributed by atoms with Crippen molar-refractivity contribution < 1.29 is 9.53 Å². The van der Waals surface area contributed by atoms with Gasteiger partial charge in [0.2, 0.25) is 5.91 Å². The van der Waals surface area contributed by atoms with Crippen molar-refractivity contribution in [1.29, 1.82) is 0 Å². The van der Waals surface area contributed by atoms with E-state index >= 15 is 0 Å². The van der Waals surface area contributed by atoms with Crippen molar-refractivity contribution in [2.45, 2.75) is 46.0 Å². The van der Waals surface area contributed by atoms with Crippen LogP contribution in [0.15, 0.2) is 54.2 Å². The first-order chi connectivity index (χ1) is 14.9. The van der Waals surface area contributed by atoms with Crippen LogP contribution in [-0.2, 0) is 17.9 Å². The predicted octanol–water partition coefficient (Wildman–Crippen LogP) is 5.01. The van der Waals surface area contributed by atoms with Crippen LogP contribution in [0.25, 0.3) is 0 Å². The molecule has 0 unspecified atom stereocenters. The van der Waals surface area contributed by atoms with Crippen LogP contribution in [0, 0.1) is 27.7 Å². The quantitative estimate of drug-likeness (QED) is 0.377. The average Bonchev–Trinajstić information content (AvgIpc) is 3.09. The van der Waals surface area contributed by atoms with E-state index in [2.05, 4.69) is 28.2 Å². The van der Waals surface area contributed by atoms with E-state index in [-0.39, 0.29) is 11.7 Å². The lowest BCUT2D eigenvalue weighted by Crippen LogP contribution is -2.16. The summed E-state index contributed by atoms with van der Waals surface area (Å²) in [6.45, 7) is 12.7. The number of hydrogen-bond donors (Lipinski definition) is 1. The number of allylic oxidation sites excluding steroid dienone is 1. The number of carbonyl (C=O) groups is 1. The van der Waals surface area contributed by atoms with Crippen molar-refractivity contribution in [2.75, 3.05) is 11.1 Å². The highest BCUT2D eigenvalue weighted by Gasteiger charge is 2.15. The Labute approximate surface area is 187 Å². The topological polar surface area (TPSA) is 69.0 Å². The highest BCUT2D eigenvalue weighted by Crippen LogP contribution is 2.23. The Hall–Kier alpha value is -3.06. The normalized spacial score (nSPS) is 10.7. The molecule has 0 aliphatic rings. The molecule has 0 fully saturated rings. The molecule has 1 heterocycles. The molecule has 0 radical (unpaired) electrons. The Kier molecular flexibility index (Phi) is 7.52. The van der Waals surface area contributed by atoms with Crippen LogP contribution in [0.5, 0.6) is 5.75 Å². The third-order valence-electron chi connectivity index (χ3n) is 4.75. The van der Waals surface area contributed by atoms with Crippen LogP contribution >= 0.6 is 11.8 Å². The zero-order valence-corrected chi connectivity index (χ0v) is 19.3. The van der Waals surface area contributed by atoms with Crippen molar-refractivity contribution in [2.24, 2.45) is 0 Å². The van der Waals surface area contributed by atoms with Crippen LogP contribution in [0.2, 0.25) is 0 Å². The summed E-state index contributed by atoms with van der Waals surface area (Å²) >= 11 is 1.35. The summed E-state index contributed by atoms with van der Waals surface area (Å²) in [5.74, 6) is 1.65. The predicted molar refractivity (Wildman–Crippen MR) is 126 cm³/mol. The number of para-hydroxylation sites is 1. The van der Waals surface area contributed by atoms with Crippen LogP contribution in [-0.4, -0.2) is 26.4 Å². The Morgan fingerprint density at radius 2 is 1.81 bits per heavy atom. The van der Waals surface area contributed by atoms with Gasteiger partial charge in [0.1, 0.15) is 12.4 Å². The summed E-state index contributed by atoms with van der Waals surface area (Å²) in [7, 11) is 0. The van der Waals surface area contributed by atoms with Gasteiger partial charge < -0.3 is 10.1 Å². The molecule has 162 valence electrons. The molecule has 0 aliphatic heterocycles. The number of amides is 1. The van der Waals surface area contributed by atoms with Gasteiger partial charge in [-0.05, 0) is 62.1 Å². The lowest BCUT2D eigenvalue weighted by Gasteiger charge is -2.12. The first-order valence-corrected chi connectivity index (χ1v) is 11.1. The highest BCUT2D eigenvalue weighted by molar-refractivity contribution is 7.99. The van der Waals surface area contributed by atoms with Crippen molar-refractivity contribution in [3.8, 4) is 5.75 Å². The molecule has 0 bridgehead atoms. The van der Waals surface area contributed by atoms with E-state index in [9.17, 15) is 4.79 Å². The van der Waals surface area contributed by atoms with Crippen molar-refractivity contribution in [1.82, 2.24) is 14.8 Å². The summed E-state index contributed by atoms with van der Waals surface area (Å²) in [6, 6.07) is 12.0. The molecule has 1 amide bonds. The van der Waals surface area contributed by atoms with E-state index in [0.29, 0.717) is 24.1 Å². The lowest BCUT2D eigenvalue weighted by atomic mass is 10.1. The standard InChI is InChI=1S/C24H28N4O2S/c1-6-10-28-21(14-30-20-12-16(2)11-17(3)13-20)26-27-24(28)31-15-22(29)25-23-18(4)8-7-9-19(23)5/h6-9,11-13H,1,10,14-15H2,2-5H3,(H,25,29). The second-order valence-corrected chi connectivity index (χ2v) is 8.46. The number of aromatic nitrogens is 3. The van der Waals surface area contributed by atoms with E-state index in [1.165, 1.54) is 11.8 Å². The first-order valence-electron chi connectivity index (χ1n) is 10.1. The highest BCUT2D eigenvalue weighted by atomic mass is 32.2. The summed E-state index contributed by atoms with van der Waals surface area (Å²) in [5.41, 5.74) is 5.24. The molecule has 31 heavy (non-hydrogen) atoms. The fourth-order valence-electron chi connectivity index (χ4n) is 3.33. The molecule has 0 atom stereocenters. The zero-order valence-electron chi connectivity index (χ0n) is 18.4. The maximum absolute atomic E-state index is 12.5. The molecule has 7 heteroatoms. The minimum atomic E-state index is -0.0800. The van der Waals surface area contributed by atoms with Gasteiger partial charge in [-0.1, -0.05) is 42.1 Å². The monoisotopic (exact) mass is 436 g/mol. The van der Waals surface area contributed by atoms with Gasteiger partial charge >= 0.3 is 0 Å². The molecule has 3 aromatic rings. The van der Waals surface area contributed by atoms with Gasteiger partial charge in [-0.15, -0.1) is 16.8 Å². The van der Waals surface area contributed by atoms with Gasteiger partial charge in [-0.3, -0.25) is 9.36 Å². The first kappa shape index (κ1) is 22.6. The van der Waals surface area contributed by atoms with Crippen LogP contribution in [0.4, 0.5) is 5.69 Å². The number of hydrogen-bond acceptors (Lipinski definition) is 5. The Balaban J connectivity index is 1.65. The largest absolute Gasteiger partial charge is 0.486 e. The van der Waals surface area contributed by atoms with E-state index in [0.717, 1.165) is 33.7 Å². The SMILES string of the molecule is C=CCn1c(COc2cc(C)cc(C)c2)nnc1SCC(=O)Nc1c(C)cccc1C. The fourth-order valence-corrected chi connectivity index (χ4v) is 4.09. The molecule has 0 aliphatic carbocycles. The van der Waals surface area contributed by atoms with Gasteiger partial charge in [-0.2, -0.15) is 0 Å². The molecular formula is C24H28N4O2S. The van der Waals surface area contributed by atoms with Crippen LogP contribution in [0.1, 0.15) is 28.1 Å². The lowest BCUT2D eigenvalue weighted by molar-refractivity contribution is -0.113. The van der Waals surface area contributed by atoms with Crippen molar-refractivity contribution in [3.05, 3.63) is 77.1 Å². The van der Waals surface area contributed by atoms with E-state index in [1.54, 1.807) is 6.08 Å². The van der Waals surface area contributed by atoms with Crippen molar-refractivity contribution in [3.63, 3.8) is 0 Å². The number of thioether (sulfide) groups is 1. The van der Waals surface area contributed by atoms with Crippen LogP contribution in [0.3, 0.4) is 0 Å². The third kappa shape index (κ3) is 5.98. The number of carbonyl (C=O) groups excluding carboxylic acids is 1. The Morgan fingerprint density at radius 1 is 1.13 bits per heavy atom. The smallest absolute Gasteiger partial charge is 0.234 e. The maximum atomic E-state index is 12.5. The van der Waals surface area contributed by atoms with Crippen LogP contribution < -0.4 is 10.1 Å². The molecule has 1 aromatic heterocycles. The Bertz CT molecular complexity index is 1050. The number of aryl methyl sites for hydroxylation is 4. The molecule has 2 aromatic carbocycles. The summed E-state index contributed by atoms with van der Waals surface area (Å²) in [5, 5.41) is 12.2. The summed E-state index contributed by atoms with van der Waals surface area (Å²) in [4.78, 5) is 12.5. The minimum Gasteiger partial charge on any atom is -0.486 e. The number of nitrogens with zero attached hydrogens (tertiary/aromatic N) is 3.